The molecule has 0 aromatic rings. The minimum absolute atomic E-state index is 0.00917. The number of rotatable bonds is 6. The van der Waals surface area contributed by atoms with Gasteiger partial charge in [0.25, 0.3) is 0 Å². The van der Waals surface area contributed by atoms with Crippen LogP contribution in [0, 0.1) is 0 Å². The monoisotopic (exact) mass is 284 g/mol. The van der Waals surface area contributed by atoms with E-state index in [1.807, 2.05) is 0 Å². The minimum Gasteiger partial charge on any atom is -0.478 e. The molecule has 1 atom stereocenters. The van der Waals surface area contributed by atoms with Gasteiger partial charge in [-0.05, 0) is 6.08 Å². The highest BCUT2D eigenvalue weighted by atomic mass is 16.6. The third kappa shape index (κ3) is 9.60. The van der Waals surface area contributed by atoms with Crippen molar-refractivity contribution >= 4 is 17.9 Å². The molecule has 0 spiro atoms. The fraction of sp³-hybridized carbons (Fsp3) is 0.308. The molecule has 1 aliphatic rings. The fourth-order valence-electron chi connectivity index (χ4n) is 0.769. The highest BCUT2D eigenvalue weighted by molar-refractivity contribution is 5.92. The Morgan fingerprint density at radius 3 is 2.40 bits per heavy atom. The maximum atomic E-state index is 10.6. The number of methoxy groups -OCH3 is 1. The Morgan fingerprint density at radius 2 is 2.00 bits per heavy atom. The summed E-state index contributed by atoms with van der Waals surface area (Å²) in [6, 6.07) is 0. The molecule has 1 aliphatic heterocycles. The smallest absolute Gasteiger partial charge is 0.337 e. The number of hydrogen-bond acceptors (Lipinski definition) is 6. The van der Waals surface area contributed by atoms with E-state index in [1.165, 1.54) is 7.11 Å². The lowest BCUT2D eigenvalue weighted by Gasteiger charge is -1.94. The molecule has 110 valence electrons. The second-order valence-corrected chi connectivity index (χ2v) is 3.48. The summed E-state index contributed by atoms with van der Waals surface area (Å²) in [4.78, 5) is 30.8. The summed E-state index contributed by atoms with van der Waals surface area (Å²) in [5, 5.41) is 8.14. The van der Waals surface area contributed by atoms with E-state index in [0.29, 0.717) is 13.2 Å². The van der Waals surface area contributed by atoms with Crippen molar-refractivity contribution in [2.45, 2.75) is 6.10 Å². The van der Waals surface area contributed by atoms with Crippen molar-refractivity contribution < 1.29 is 33.7 Å². The standard InChI is InChI=1S/C7H8O4.C6H8O3/c1-5(7(10)11-2)3-4-6(8)9;1-2-6(7)9-4-5-3-8-5/h3-4H,1H2,2H3,(H,8,9);2,5H,1,3-4H2. The molecule has 0 amide bonds. The largest absolute Gasteiger partial charge is 0.478 e. The van der Waals surface area contributed by atoms with Gasteiger partial charge in [-0.1, -0.05) is 13.2 Å². The number of esters is 2. The average Bonchev–Trinajstić information content (AvgIpc) is 3.25. The van der Waals surface area contributed by atoms with Gasteiger partial charge in [-0.3, -0.25) is 0 Å². The molecule has 0 aromatic heterocycles. The Kier molecular flexibility index (Phi) is 8.36. The van der Waals surface area contributed by atoms with Crippen LogP contribution in [0.1, 0.15) is 0 Å². The minimum atomic E-state index is -1.13. The second-order valence-electron chi connectivity index (χ2n) is 3.48. The van der Waals surface area contributed by atoms with Crippen LogP contribution in [0.25, 0.3) is 0 Å². The van der Waals surface area contributed by atoms with Crippen LogP contribution in [0.3, 0.4) is 0 Å². The van der Waals surface area contributed by atoms with Gasteiger partial charge in [-0.2, -0.15) is 0 Å². The van der Waals surface area contributed by atoms with Gasteiger partial charge >= 0.3 is 17.9 Å². The van der Waals surface area contributed by atoms with E-state index >= 15 is 0 Å². The summed E-state index contributed by atoms with van der Waals surface area (Å²) in [5.41, 5.74) is 0.00917. The number of hydrogen-bond donors (Lipinski definition) is 1. The molecular formula is C13H16O7. The van der Waals surface area contributed by atoms with Crippen molar-refractivity contribution in [2.24, 2.45) is 0 Å². The second kappa shape index (κ2) is 9.51. The van der Waals surface area contributed by atoms with Crippen LogP contribution in [-0.4, -0.2) is 49.4 Å². The zero-order chi connectivity index (χ0) is 15.5. The van der Waals surface area contributed by atoms with Crippen LogP contribution >= 0.6 is 0 Å². The summed E-state index contributed by atoms with van der Waals surface area (Å²) >= 11 is 0. The molecule has 7 heteroatoms. The summed E-state index contributed by atoms with van der Waals surface area (Å²) in [6.45, 7) is 7.59. The molecule has 1 heterocycles. The molecule has 1 N–H and O–H groups in total. The van der Waals surface area contributed by atoms with Crippen molar-refractivity contribution in [1.29, 1.82) is 0 Å². The van der Waals surface area contributed by atoms with Crippen LogP contribution in [0.15, 0.2) is 37.0 Å². The van der Waals surface area contributed by atoms with E-state index in [-0.39, 0.29) is 17.6 Å². The third-order valence-corrected chi connectivity index (χ3v) is 1.86. The number of aliphatic carboxylic acids is 1. The van der Waals surface area contributed by atoms with Crippen LogP contribution in [0.5, 0.6) is 0 Å². The van der Waals surface area contributed by atoms with Crippen molar-refractivity contribution in [3.8, 4) is 0 Å². The molecule has 1 saturated heterocycles. The number of carboxylic acid groups (broad SMARTS) is 1. The van der Waals surface area contributed by atoms with Gasteiger partial charge < -0.3 is 19.3 Å². The number of ether oxygens (including phenoxy) is 3. The topological polar surface area (TPSA) is 102 Å². The summed E-state index contributed by atoms with van der Waals surface area (Å²) < 4.78 is 13.7. The van der Waals surface area contributed by atoms with Crippen molar-refractivity contribution in [3.63, 3.8) is 0 Å². The predicted molar refractivity (Wildman–Crippen MR) is 68.8 cm³/mol. The first-order valence-corrected chi connectivity index (χ1v) is 5.49. The van der Waals surface area contributed by atoms with E-state index in [0.717, 1.165) is 18.2 Å². The van der Waals surface area contributed by atoms with Gasteiger partial charge in [0.1, 0.15) is 12.7 Å². The van der Waals surface area contributed by atoms with Gasteiger partial charge in [0.15, 0.2) is 0 Å². The molecule has 1 rings (SSSR count). The Bertz CT molecular complexity index is 418. The molecular weight excluding hydrogens is 268 g/mol. The number of epoxide rings is 1. The Balaban J connectivity index is 0.000000367. The molecule has 20 heavy (non-hydrogen) atoms. The normalized spacial score (nSPS) is 15.6. The summed E-state index contributed by atoms with van der Waals surface area (Å²) in [5.74, 6) is -2.15. The van der Waals surface area contributed by atoms with E-state index in [1.54, 1.807) is 0 Å². The first-order chi connectivity index (χ1) is 9.40. The molecule has 0 radical (unpaired) electrons. The van der Waals surface area contributed by atoms with E-state index < -0.39 is 11.9 Å². The number of carboxylic acids is 1. The quantitative estimate of drug-likeness (QED) is 0.327. The van der Waals surface area contributed by atoms with Gasteiger partial charge in [0, 0.05) is 12.2 Å². The van der Waals surface area contributed by atoms with E-state index in [2.05, 4.69) is 22.6 Å². The van der Waals surface area contributed by atoms with Crippen LogP contribution in [-0.2, 0) is 28.6 Å². The maximum absolute atomic E-state index is 10.6. The highest BCUT2D eigenvalue weighted by Gasteiger charge is 2.23. The molecule has 7 nitrogen and oxygen atoms in total. The van der Waals surface area contributed by atoms with Crippen molar-refractivity contribution in [2.75, 3.05) is 20.3 Å². The lowest BCUT2D eigenvalue weighted by atomic mass is 10.3. The summed E-state index contributed by atoms with van der Waals surface area (Å²) in [7, 11) is 1.20. The first-order valence-electron chi connectivity index (χ1n) is 5.49. The fourth-order valence-corrected chi connectivity index (χ4v) is 0.769. The Hall–Kier alpha value is -2.41. The van der Waals surface area contributed by atoms with Gasteiger partial charge in [0.2, 0.25) is 0 Å². The van der Waals surface area contributed by atoms with Gasteiger partial charge in [-0.25, -0.2) is 14.4 Å². The van der Waals surface area contributed by atoms with Gasteiger partial charge in [0.05, 0.1) is 19.3 Å². The van der Waals surface area contributed by atoms with Crippen LogP contribution in [0.4, 0.5) is 0 Å². The molecule has 0 saturated carbocycles. The predicted octanol–water partition coefficient (Wildman–Crippen LogP) is 0.471. The average molecular weight is 284 g/mol. The molecule has 0 aromatic carbocycles. The van der Waals surface area contributed by atoms with Crippen LogP contribution < -0.4 is 0 Å². The van der Waals surface area contributed by atoms with Gasteiger partial charge in [-0.15, -0.1) is 0 Å². The Labute approximate surface area is 116 Å². The van der Waals surface area contributed by atoms with Crippen molar-refractivity contribution in [1.82, 2.24) is 0 Å². The lowest BCUT2D eigenvalue weighted by Crippen LogP contribution is -2.06. The van der Waals surface area contributed by atoms with Crippen LogP contribution in [0.2, 0.25) is 0 Å². The molecule has 1 fully saturated rings. The lowest BCUT2D eigenvalue weighted by molar-refractivity contribution is -0.138. The third-order valence-electron chi connectivity index (χ3n) is 1.86. The number of carbonyl (C=O) groups is 3. The zero-order valence-corrected chi connectivity index (χ0v) is 11.0. The molecule has 0 bridgehead atoms. The van der Waals surface area contributed by atoms with E-state index in [4.69, 9.17) is 9.84 Å². The highest BCUT2D eigenvalue weighted by Crippen LogP contribution is 2.08. The van der Waals surface area contributed by atoms with E-state index in [9.17, 15) is 14.4 Å². The summed E-state index contributed by atoms with van der Waals surface area (Å²) in [6.07, 6.45) is 3.18. The zero-order valence-electron chi connectivity index (χ0n) is 11.0. The maximum Gasteiger partial charge on any atom is 0.337 e. The molecule has 1 unspecified atom stereocenters. The number of carbonyl (C=O) groups excluding carboxylic acids is 2. The Morgan fingerprint density at radius 1 is 1.40 bits per heavy atom. The first kappa shape index (κ1) is 17.6. The van der Waals surface area contributed by atoms with Crippen molar-refractivity contribution in [3.05, 3.63) is 37.0 Å². The SMILES string of the molecule is C=C(C=CC(=O)O)C(=O)OC.C=CC(=O)OCC1CO1. The molecule has 0 aliphatic carbocycles.